The van der Waals surface area contributed by atoms with Gasteiger partial charge >= 0.3 is 0 Å². The van der Waals surface area contributed by atoms with Gasteiger partial charge in [-0.25, -0.2) is 4.99 Å². The van der Waals surface area contributed by atoms with Crippen molar-refractivity contribution < 1.29 is 24.0 Å². The van der Waals surface area contributed by atoms with Crippen LogP contribution in [0.15, 0.2) is 82.8 Å². The lowest BCUT2D eigenvalue weighted by Gasteiger charge is -2.28. The highest BCUT2D eigenvalue weighted by atomic mass is 16.2. The number of primary amides is 1. The van der Waals surface area contributed by atoms with Crippen molar-refractivity contribution in [3.8, 4) is 0 Å². The zero-order valence-corrected chi connectivity index (χ0v) is 29.6. The minimum Gasteiger partial charge on any atom is -0.368 e. The summed E-state index contributed by atoms with van der Waals surface area (Å²) in [7, 11) is 0. The highest BCUT2D eigenvalue weighted by Gasteiger charge is 2.34. The van der Waals surface area contributed by atoms with Crippen molar-refractivity contribution >= 4 is 52.9 Å². The highest BCUT2D eigenvalue weighted by Crippen LogP contribution is 2.18. The summed E-state index contributed by atoms with van der Waals surface area (Å²) in [6.07, 6.45) is 4.62. The first-order valence-corrected chi connectivity index (χ1v) is 17.4. The zero-order chi connectivity index (χ0) is 37.7. The van der Waals surface area contributed by atoms with Gasteiger partial charge in [0.2, 0.25) is 29.5 Å². The third-order valence-electron chi connectivity index (χ3n) is 8.68. The van der Waals surface area contributed by atoms with Crippen LogP contribution in [-0.4, -0.2) is 84.4 Å². The number of fused-ring (bicyclic) bond motifs is 1. The topological polar surface area (TPSA) is 236 Å². The Morgan fingerprint density at radius 1 is 0.731 bits per heavy atom. The average Bonchev–Trinajstić information content (AvgIpc) is 3.63. The van der Waals surface area contributed by atoms with Crippen LogP contribution >= 0.6 is 0 Å². The molecule has 14 heteroatoms. The third-order valence-corrected chi connectivity index (χ3v) is 8.68. The molecule has 0 aliphatic carbocycles. The second-order valence-electron chi connectivity index (χ2n) is 13.6. The summed E-state index contributed by atoms with van der Waals surface area (Å²) in [5, 5.41) is 13.0. The third kappa shape index (κ3) is 11.8. The molecule has 10 N–H and O–H groups in total. The lowest BCUT2D eigenvalue weighted by Crippen LogP contribution is -2.60. The molecule has 14 nitrogen and oxygen atoms in total. The molecule has 276 valence electrons. The molecule has 0 radical (unpaired) electrons. The van der Waals surface area contributed by atoms with Crippen LogP contribution in [0.3, 0.4) is 0 Å². The van der Waals surface area contributed by atoms with E-state index >= 15 is 0 Å². The fraction of sp³-hybridized carbons (Fsp3) is 0.395. The van der Waals surface area contributed by atoms with Crippen molar-refractivity contribution in [2.75, 3.05) is 6.54 Å². The molecule has 3 aromatic rings. The van der Waals surface area contributed by atoms with Gasteiger partial charge in [0.05, 0.1) is 11.6 Å². The van der Waals surface area contributed by atoms with Gasteiger partial charge in [-0.15, -0.1) is 0 Å². The molecule has 5 amide bonds. The molecule has 0 unspecified atom stereocenters. The SMILES string of the molecule is CC(C)(N)C(=O)N[C@H](C[C@H]1C=NC=N1)C(=O)N[C@@H](Cc1ccc2ccccc2c1)C(=O)N[C@@H](Cc1ccccc1)C(=O)N[C@@H](CCCCN)C(N)=O. The lowest BCUT2D eigenvalue weighted by atomic mass is 9.98. The van der Waals surface area contributed by atoms with Crippen LogP contribution < -0.4 is 38.5 Å². The molecule has 0 fully saturated rings. The van der Waals surface area contributed by atoms with Gasteiger partial charge in [-0.05, 0) is 61.6 Å². The van der Waals surface area contributed by atoms with Crippen LogP contribution in [0.25, 0.3) is 10.8 Å². The monoisotopic (exact) mass is 711 g/mol. The Kier molecular flexibility index (Phi) is 14.1. The van der Waals surface area contributed by atoms with Crippen LogP contribution in [0.1, 0.15) is 50.7 Å². The maximum atomic E-state index is 14.3. The van der Waals surface area contributed by atoms with Gasteiger partial charge < -0.3 is 38.5 Å². The number of benzene rings is 3. The molecule has 0 aromatic heterocycles. The molecule has 1 aliphatic rings. The summed E-state index contributed by atoms with van der Waals surface area (Å²) in [6.45, 7) is 3.45. The number of amides is 5. The van der Waals surface area contributed by atoms with E-state index in [9.17, 15) is 24.0 Å². The van der Waals surface area contributed by atoms with Crippen molar-refractivity contribution in [1.29, 1.82) is 0 Å². The maximum absolute atomic E-state index is 14.3. The Labute approximate surface area is 303 Å². The molecule has 0 saturated heterocycles. The zero-order valence-electron chi connectivity index (χ0n) is 29.6. The second-order valence-corrected chi connectivity index (χ2v) is 13.6. The summed E-state index contributed by atoms with van der Waals surface area (Å²) in [5.74, 6) is -3.19. The Bertz CT molecular complexity index is 1760. The number of nitrogens with two attached hydrogens (primary N) is 3. The number of rotatable bonds is 19. The van der Waals surface area contributed by atoms with Crippen molar-refractivity contribution in [2.24, 2.45) is 27.2 Å². The van der Waals surface area contributed by atoms with E-state index in [4.69, 9.17) is 17.2 Å². The van der Waals surface area contributed by atoms with E-state index in [2.05, 4.69) is 31.3 Å². The van der Waals surface area contributed by atoms with E-state index in [1.807, 2.05) is 72.8 Å². The highest BCUT2D eigenvalue weighted by molar-refractivity contribution is 5.97. The molecule has 1 heterocycles. The number of hydrogen-bond donors (Lipinski definition) is 7. The van der Waals surface area contributed by atoms with Gasteiger partial charge in [0.1, 0.15) is 30.5 Å². The van der Waals surface area contributed by atoms with Crippen molar-refractivity contribution in [2.45, 2.75) is 88.1 Å². The first-order chi connectivity index (χ1) is 24.8. The molecule has 0 saturated carbocycles. The molecule has 5 atom stereocenters. The van der Waals surface area contributed by atoms with Gasteiger partial charge in [-0.2, -0.15) is 0 Å². The smallest absolute Gasteiger partial charge is 0.243 e. The van der Waals surface area contributed by atoms with Crippen LogP contribution in [0.5, 0.6) is 0 Å². The average molecular weight is 712 g/mol. The molecule has 3 aromatic carbocycles. The van der Waals surface area contributed by atoms with Crippen LogP contribution in [0.4, 0.5) is 0 Å². The molecular formula is C38H49N9O5. The number of hydrogen-bond acceptors (Lipinski definition) is 9. The number of carbonyl (C=O) groups excluding carboxylic acids is 5. The number of unbranched alkanes of at least 4 members (excludes halogenated alkanes) is 1. The number of nitrogens with zero attached hydrogens (tertiary/aromatic N) is 2. The van der Waals surface area contributed by atoms with Gasteiger partial charge in [-0.1, -0.05) is 72.8 Å². The lowest BCUT2D eigenvalue weighted by molar-refractivity contribution is -0.135. The van der Waals surface area contributed by atoms with Crippen LogP contribution in [-0.2, 0) is 36.8 Å². The Hall–Kier alpha value is -5.47. The van der Waals surface area contributed by atoms with Crippen molar-refractivity contribution in [3.05, 3.63) is 83.9 Å². The fourth-order valence-corrected chi connectivity index (χ4v) is 5.70. The van der Waals surface area contributed by atoms with Gasteiger partial charge in [0, 0.05) is 25.5 Å². The molecule has 1 aliphatic heterocycles. The van der Waals surface area contributed by atoms with Crippen LogP contribution in [0, 0.1) is 0 Å². The molecule has 0 spiro atoms. The number of aliphatic imine (C=N–C) groups is 2. The van der Waals surface area contributed by atoms with E-state index in [1.165, 1.54) is 20.2 Å². The maximum Gasteiger partial charge on any atom is 0.243 e. The summed E-state index contributed by atoms with van der Waals surface area (Å²) < 4.78 is 0. The quantitative estimate of drug-likeness (QED) is 0.0882. The first kappa shape index (κ1) is 39.3. The standard InChI is InChI=1S/C38H49N9O5/c1-38(2,41)37(52)47-32(21-28-22-42-23-43-28)36(51)46-31(20-25-15-16-26-12-6-7-13-27(26)18-25)35(50)45-30(19-24-10-4-3-5-11-24)34(49)44-29(33(40)48)14-8-9-17-39/h3-7,10-13,15-16,18,22-23,28-32H,8-9,14,17,19-21,39,41H2,1-2H3,(H2,40,48)(H,44,49)(H,45,50)(H,46,51)(H,47,52)/t28-,29-,30-,31-,32+/m0/s1. The predicted molar refractivity (Wildman–Crippen MR) is 201 cm³/mol. The predicted octanol–water partition coefficient (Wildman–Crippen LogP) is 0.787. The van der Waals surface area contributed by atoms with Gasteiger partial charge in [-0.3, -0.25) is 29.0 Å². The molecule has 52 heavy (non-hydrogen) atoms. The van der Waals surface area contributed by atoms with Gasteiger partial charge in [0.25, 0.3) is 0 Å². The molecule has 0 bridgehead atoms. The van der Waals surface area contributed by atoms with Crippen LogP contribution in [0.2, 0.25) is 0 Å². The van der Waals surface area contributed by atoms with Gasteiger partial charge in [0.15, 0.2) is 0 Å². The molecule has 4 rings (SSSR count). The normalized spacial score (nSPS) is 16.0. The molecular weight excluding hydrogens is 662 g/mol. The Morgan fingerprint density at radius 3 is 1.92 bits per heavy atom. The minimum atomic E-state index is -1.29. The van der Waals surface area contributed by atoms with E-state index in [-0.39, 0.29) is 25.7 Å². The first-order valence-electron chi connectivity index (χ1n) is 17.4. The number of carbonyl (C=O) groups is 5. The summed E-state index contributed by atoms with van der Waals surface area (Å²) >= 11 is 0. The largest absolute Gasteiger partial charge is 0.368 e. The second kappa shape index (κ2) is 18.7. The van der Waals surface area contributed by atoms with E-state index in [0.29, 0.717) is 19.4 Å². The number of nitrogens with one attached hydrogen (secondary N) is 4. The fourth-order valence-electron chi connectivity index (χ4n) is 5.70. The van der Waals surface area contributed by atoms with Crippen molar-refractivity contribution in [1.82, 2.24) is 21.3 Å². The summed E-state index contributed by atoms with van der Waals surface area (Å²) in [6, 6.07) is 17.6. The Morgan fingerprint density at radius 2 is 1.33 bits per heavy atom. The Balaban J connectivity index is 1.64. The van der Waals surface area contributed by atoms with E-state index in [0.717, 1.165) is 21.9 Å². The van der Waals surface area contributed by atoms with E-state index < -0.39 is 65.3 Å². The summed E-state index contributed by atoms with van der Waals surface area (Å²) in [4.78, 5) is 75.5. The van der Waals surface area contributed by atoms with E-state index in [1.54, 1.807) is 6.21 Å². The minimum absolute atomic E-state index is 0.0527. The summed E-state index contributed by atoms with van der Waals surface area (Å²) in [5.41, 5.74) is 17.5. The van der Waals surface area contributed by atoms with Crippen molar-refractivity contribution in [3.63, 3.8) is 0 Å².